The number of rotatable bonds is 5. The zero-order valence-electron chi connectivity index (χ0n) is 12.5. The number of fused-ring (bicyclic) bond motifs is 2. The van der Waals surface area contributed by atoms with Gasteiger partial charge in [-0.25, -0.2) is 4.79 Å². The maximum absolute atomic E-state index is 12.5. The Bertz CT molecular complexity index is 358. The summed E-state index contributed by atoms with van der Waals surface area (Å²) in [6.45, 7) is 2.93. The molecular formula is C15H26N2O3. The van der Waals surface area contributed by atoms with Crippen LogP contribution in [0.25, 0.3) is 0 Å². The zero-order chi connectivity index (χ0) is 14.7. The van der Waals surface area contributed by atoms with Gasteiger partial charge in [0.2, 0.25) is 0 Å². The smallest absolute Gasteiger partial charge is 0.320 e. The van der Waals surface area contributed by atoms with Crippen LogP contribution in [0.3, 0.4) is 0 Å². The molecule has 2 fully saturated rings. The largest absolute Gasteiger partial charge is 0.481 e. The Kier molecular flexibility index (Phi) is 4.89. The minimum Gasteiger partial charge on any atom is -0.481 e. The number of carbonyl (C=O) groups is 2. The Morgan fingerprint density at radius 1 is 1.25 bits per heavy atom. The number of aliphatic carboxylic acids is 1. The minimum atomic E-state index is -0.714. The minimum absolute atomic E-state index is 0.139. The Labute approximate surface area is 120 Å². The summed E-state index contributed by atoms with van der Waals surface area (Å²) in [6, 6.07) is 0.657. The number of urea groups is 1. The molecule has 2 unspecified atom stereocenters. The van der Waals surface area contributed by atoms with Gasteiger partial charge in [0.15, 0.2) is 0 Å². The van der Waals surface area contributed by atoms with E-state index in [4.69, 9.17) is 5.11 Å². The third kappa shape index (κ3) is 3.25. The molecule has 1 N–H and O–H groups in total. The molecule has 0 radical (unpaired) electrons. The first-order valence-electron chi connectivity index (χ1n) is 7.78. The van der Waals surface area contributed by atoms with Gasteiger partial charge in [0.1, 0.15) is 0 Å². The number of unbranched alkanes of at least 4 members (excludes halogenated alkanes) is 1. The summed E-state index contributed by atoms with van der Waals surface area (Å²) in [5, 5.41) is 8.93. The highest BCUT2D eigenvalue weighted by Crippen LogP contribution is 2.40. The first kappa shape index (κ1) is 15.1. The van der Waals surface area contributed by atoms with Crippen LogP contribution in [0, 0.1) is 5.92 Å². The number of carboxylic acids is 1. The van der Waals surface area contributed by atoms with Crippen LogP contribution in [0.1, 0.15) is 51.9 Å². The van der Waals surface area contributed by atoms with Crippen molar-refractivity contribution < 1.29 is 14.7 Å². The van der Waals surface area contributed by atoms with Gasteiger partial charge in [0.25, 0.3) is 0 Å². The van der Waals surface area contributed by atoms with Crippen LogP contribution in [0.15, 0.2) is 0 Å². The van der Waals surface area contributed by atoms with E-state index in [1.54, 1.807) is 0 Å². The second-order valence-corrected chi connectivity index (χ2v) is 6.29. The average Bonchev–Trinajstić information content (AvgIpc) is 2.66. The topological polar surface area (TPSA) is 60.9 Å². The number of carbonyl (C=O) groups excluding carboxylic acids is 1. The fourth-order valence-electron chi connectivity index (χ4n) is 3.70. The van der Waals surface area contributed by atoms with Crippen LogP contribution < -0.4 is 0 Å². The normalized spacial score (nSPS) is 28.5. The van der Waals surface area contributed by atoms with E-state index in [2.05, 4.69) is 6.92 Å². The Morgan fingerprint density at radius 2 is 1.85 bits per heavy atom. The van der Waals surface area contributed by atoms with Crippen molar-refractivity contribution >= 4 is 12.0 Å². The van der Waals surface area contributed by atoms with Gasteiger partial charge >= 0.3 is 12.0 Å². The molecule has 0 aromatic carbocycles. The molecule has 0 aromatic rings. The number of nitrogens with zero attached hydrogens (tertiary/aromatic N) is 2. The van der Waals surface area contributed by atoms with Gasteiger partial charge in [-0.05, 0) is 38.0 Å². The van der Waals surface area contributed by atoms with Crippen molar-refractivity contribution in [1.29, 1.82) is 0 Å². The molecule has 2 saturated heterocycles. The number of carboxylic acid groups (broad SMARTS) is 1. The predicted molar refractivity (Wildman–Crippen MR) is 76.6 cm³/mol. The molecule has 2 amide bonds. The van der Waals surface area contributed by atoms with Crippen molar-refractivity contribution in [3.05, 3.63) is 0 Å². The molecule has 114 valence electrons. The molecule has 2 heterocycles. The van der Waals surface area contributed by atoms with Crippen molar-refractivity contribution in [3.63, 3.8) is 0 Å². The highest BCUT2D eigenvalue weighted by molar-refractivity contribution is 5.75. The molecular weight excluding hydrogens is 256 g/mol. The van der Waals surface area contributed by atoms with Gasteiger partial charge in [0.05, 0.1) is 0 Å². The molecule has 2 atom stereocenters. The molecule has 5 heteroatoms. The highest BCUT2D eigenvalue weighted by Gasteiger charge is 2.44. The summed E-state index contributed by atoms with van der Waals surface area (Å²) in [7, 11) is 1.88. The predicted octanol–water partition coefficient (Wildman–Crippen LogP) is 2.56. The summed E-state index contributed by atoms with van der Waals surface area (Å²) >= 11 is 0. The van der Waals surface area contributed by atoms with Crippen molar-refractivity contribution in [2.24, 2.45) is 5.92 Å². The Morgan fingerprint density at radius 3 is 2.35 bits per heavy atom. The van der Waals surface area contributed by atoms with Crippen LogP contribution in [-0.4, -0.2) is 52.6 Å². The van der Waals surface area contributed by atoms with E-state index in [1.807, 2.05) is 16.8 Å². The summed E-state index contributed by atoms with van der Waals surface area (Å²) in [6.07, 6.45) is 6.16. The number of hydrogen-bond acceptors (Lipinski definition) is 2. The lowest BCUT2D eigenvalue weighted by molar-refractivity contribution is -0.138. The monoisotopic (exact) mass is 282 g/mol. The van der Waals surface area contributed by atoms with Crippen LogP contribution in [-0.2, 0) is 4.79 Å². The van der Waals surface area contributed by atoms with Crippen molar-refractivity contribution in [2.75, 3.05) is 13.6 Å². The second kappa shape index (κ2) is 6.46. The summed E-state index contributed by atoms with van der Waals surface area (Å²) < 4.78 is 0. The SMILES string of the molecule is CCCCN(C)C(=O)N1C2CCC1CC(CC(=O)O)C2. The first-order valence-corrected chi connectivity index (χ1v) is 7.78. The van der Waals surface area contributed by atoms with Crippen LogP contribution in [0.5, 0.6) is 0 Å². The lowest BCUT2D eigenvalue weighted by Gasteiger charge is -2.40. The van der Waals surface area contributed by atoms with E-state index in [0.717, 1.165) is 45.1 Å². The molecule has 0 aliphatic carbocycles. The molecule has 20 heavy (non-hydrogen) atoms. The first-order chi connectivity index (χ1) is 9.52. The lowest BCUT2D eigenvalue weighted by atomic mass is 9.88. The number of amides is 2. The van der Waals surface area contributed by atoms with Gasteiger partial charge in [0, 0.05) is 32.1 Å². The third-order valence-electron chi connectivity index (χ3n) is 4.69. The van der Waals surface area contributed by atoms with Crippen molar-refractivity contribution in [2.45, 2.75) is 64.0 Å². The standard InChI is InChI=1S/C15H26N2O3/c1-3-4-7-16(2)15(20)17-12-5-6-13(17)9-11(8-12)10-14(18)19/h11-13H,3-10H2,1-2H3,(H,18,19). The van der Waals surface area contributed by atoms with Crippen LogP contribution >= 0.6 is 0 Å². The highest BCUT2D eigenvalue weighted by atomic mass is 16.4. The Balaban J connectivity index is 1.94. The maximum atomic E-state index is 12.5. The van der Waals surface area contributed by atoms with Crippen LogP contribution in [0.4, 0.5) is 4.79 Å². The molecule has 2 aliphatic heterocycles. The lowest BCUT2D eigenvalue weighted by Crippen LogP contribution is -2.51. The van der Waals surface area contributed by atoms with E-state index in [9.17, 15) is 9.59 Å². The summed E-state index contributed by atoms with van der Waals surface area (Å²) in [5.74, 6) is -0.468. The fraction of sp³-hybridized carbons (Fsp3) is 0.867. The molecule has 2 rings (SSSR count). The Hall–Kier alpha value is -1.26. The zero-order valence-corrected chi connectivity index (χ0v) is 12.5. The fourth-order valence-corrected chi connectivity index (χ4v) is 3.70. The van der Waals surface area contributed by atoms with E-state index < -0.39 is 5.97 Å². The molecule has 2 bridgehead atoms. The maximum Gasteiger partial charge on any atom is 0.320 e. The van der Waals surface area contributed by atoms with E-state index in [-0.39, 0.29) is 30.5 Å². The van der Waals surface area contributed by atoms with Crippen molar-refractivity contribution in [1.82, 2.24) is 9.80 Å². The quantitative estimate of drug-likeness (QED) is 0.843. The summed E-state index contributed by atoms with van der Waals surface area (Å²) in [5.41, 5.74) is 0. The van der Waals surface area contributed by atoms with Gasteiger partial charge < -0.3 is 14.9 Å². The molecule has 5 nitrogen and oxygen atoms in total. The average molecular weight is 282 g/mol. The summed E-state index contributed by atoms with van der Waals surface area (Å²) in [4.78, 5) is 27.2. The van der Waals surface area contributed by atoms with E-state index in [1.165, 1.54) is 0 Å². The molecule has 0 saturated carbocycles. The number of hydrogen-bond donors (Lipinski definition) is 1. The second-order valence-electron chi connectivity index (χ2n) is 6.29. The van der Waals surface area contributed by atoms with Gasteiger partial charge in [-0.1, -0.05) is 13.3 Å². The third-order valence-corrected chi connectivity index (χ3v) is 4.69. The number of piperidine rings is 1. The van der Waals surface area contributed by atoms with E-state index in [0.29, 0.717) is 0 Å². The van der Waals surface area contributed by atoms with Gasteiger partial charge in [-0.2, -0.15) is 0 Å². The molecule has 0 spiro atoms. The van der Waals surface area contributed by atoms with Gasteiger partial charge in [-0.3, -0.25) is 4.79 Å². The van der Waals surface area contributed by atoms with Gasteiger partial charge in [-0.15, -0.1) is 0 Å². The van der Waals surface area contributed by atoms with E-state index >= 15 is 0 Å². The van der Waals surface area contributed by atoms with Crippen LogP contribution in [0.2, 0.25) is 0 Å². The molecule has 0 aromatic heterocycles. The molecule has 2 aliphatic rings. The van der Waals surface area contributed by atoms with Crippen molar-refractivity contribution in [3.8, 4) is 0 Å².